The minimum atomic E-state index is -0.275. The smallest absolute Gasteiger partial charge is 0.318 e. The van der Waals surface area contributed by atoms with E-state index in [2.05, 4.69) is 5.32 Å². The molecule has 34 heavy (non-hydrogen) atoms. The lowest BCUT2D eigenvalue weighted by molar-refractivity contribution is -0.00539. The number of nitrogens with one attached hydrogen (secondary N) is 1. The van der Waals surface area contributed by atoms with Gasteiger partial charge in [0.15, 0.2) is 11.5 Å². The molecule has 182 valence electrons. The number of amides is 2. The van der Waals surface area contributed by atoms with Crippen molar-refractivity contribution in [3.8, 4) is 11.5 Å². The highest BCUT2D eigenvalue weighted by molar-refractivity contribution is 5.75. The molecule has 3 aliphatic rings. The summed E-state index contributed by atoms with van der Waals surface area (Å²) in [6, 6.07) is 10.9. The zero-order valence-electron chi connectivity index (χ0n) is 19.8. The van der Waals surface area contributed by atoms with Crippen molar-refractivity contribution in [2.75, 3.05) is 37.7 Å². The number of fused-ring (bicyclic) bond motifs is 1. The minimum Gasteiger partial charge on any atom is -0.486 e. The summed E-state index contributed by atoms with van der Waals surface area (Å²) in [7, 11) is 0. The fraction of sp³-hybridized carbons (Fsp3) is 0.500. The summed E-state index contributed by atoms with van der Waals surface area (Å²) in [5, 5.41) is 2.97. The lowest BCUT2D eigenvalue weighted by Crippen LogP contribution is -2.45. The first-order valence-corrected chi connectivity index (χ1v) is 12.1. The van der Waals surface area contributed by atoms with Crippen LogP contribution in [-0.4, -0.2) is 56.0 Å². The van der Waals surface area contributed by atoms with Crippen molar-refractivity contribution >= 4 is 11.7 Å². The quantitative estimate of drug-likeness (QED) is 0.725. The second-order valence-corrected chi connectivity index (χ2v) is 9.36. The highest BCUT2D eigenvalue weighted by Crippen LogP contribution is 2.38. The van der Waals surface area contributed by atoms with Gasteiger partial charge in [0.05, 0.1) is 23.9 Å². The van der Waals surface area contributed by atoms with Crippen LogP contribution in [0.15, 0.2) is 36.4 Å². The summed E-state index contributed by atoms with van der Waals surface area (Å²) >= 11 is 0. The summed E-state index contributed by atoms with van der Waals surface area (Å²) in [6.07, 6.45) is 1.95. The zero-order chi connectivity index (χ0) is 23.7. The first kappa shape index (κ1) is 22.8. The first-order chi connectivity index (χ1) is 16.5. The van der Waals surface area contributed by atoms with E-state index in [1.165, 1.54) is 6.07 Å². The van der Waals surface area contributed by atoms with Crippen LogP contribution in [-0.2, 0) is 11.3 Å². The molecule has 2 fully saturated rings. The molecule has 8 heteroatoms. The van der Waals surface area contributed by atoms with E-state index < -0.39 is 0 Å². The lowest BCUT2D eigenvalue weighted by atomic mass is 10.0. The van der Waals surface area contributed by atoms with Crippen molar-refractivity contribution < 1.29 is 23.4 Å². The van der Waals surface area contributed by atoms with E-state index in [1.807, 2.05) is 47.9 Å². The molecule has 3 atom stereocenters. The van der Waals surface area contributed by atoms with E-state index in [1.54, 1.807) is 6.07 Å². The van der Waals surface area contributed by atoms with Gasteiger partial charge in [-0.05, 0) is 62.1 Å². The molecular formula is C26H32FN3O4. The molecule has 0 saturated carbocycles. The Bertz CT molecular complexity index is 1040. The van der Waals surface area contributed by atoms with Gasteiger partial charge < -0.3 is 29.3 Å². The number of hydrogen-bond donors (Lipinski definition) is 1. The summed E-state index contributed by atoms with van der Waals surface area (Å²) in [4.78, 5) is 16.9. The van der Waals surface area contributed by atoms with E-state index >= 15 is 0 Å². The average molecular weight is 470 g/mol. The monoisotopic (exact) mass is 469 g/mol. The number of ether oxygens (including phenoxy) is 3. The fourth-order valence-corrected chi connectivity index (χ4v) is 5.19. The normalized spacial score (nSPS) is 24.3. The SMILES string of the molecule is CC1CN(c2ccc(CNC(=O)N3CCCC3c3ccc4c(c3)OCCO4)cc2F)CC(C)O1. The highest BCUT2D eigenvalue weighted by Gasteiger charge is 2.31. The summed E-state index contributed by atoms with van der Waals surface area (Å²) in [5.41, 5.74) is 2.36. The number of carbonyl (C=O) groups excluding carboxylic acids is 1. The van der Waals surface area contributed by atoms with Gasteiger partial charge >= 0.3 is 6.03 Å². The van der Waals surface area contributed by atoms with Crippen molar-refractivity contribution in [2.45, 2.75) is 51.5 Å². The van der Waals surface area contributed by atoms with Gasteiger partial charge in [-0.2, -0.15) is 0 Å². The Kier molecular flexibility index (Phi) is 6.50. The fourth-order valence-electron chi connectivity index (χ4n) is 5.19. The van der Waals surface area contributed by atoms with Crippen LogP contribution in [0.25, 0.3) is 0 Å². The number of urea groups is 1. The molecule has 5 rings (SSSR count). The van der Waals surface area contributed by atoms with Crippen LogP contribution in [0.4, 0.5) is 14.9 Å². The van der Waals surface area contributed by atoms with Crippen LogP contribution in [0.1, 0.15) is 43.9 Å². The first-order valence-electron chi connectivity index (χ1n) is 12.1. The molecule has 7 nitrogen and oxygen atoms in total. The van der Waals surface area contributed by atoms with E-state index in [0.29, 0.717) is 38.5 Å². The molecule has 3 heterocycles. The molecule has 3 unspecified atom stereocenters. The van der Waals surface area contributed by atoms with Gasteiger partial charge in [0, 0.05) is 26.2 Å². The number of morpholine rings is 1. The van der Waals surface area contributed by atoms with Gasteiger partial charge in [-0.25, -0.2) is 9.18 Å². The Labute approximate surface area is 199 Å². The van der Waals surface area contributed by atoms with Crippen LogP contribution in [0.3, 0.4) is 0 Å². The van der Waals surface area contributed by atoms with Crippen molar-refractivity contribution in [1.29, 1.82) is 0 Å². The third kappa shape index (κ3) is 4.78. The molecule has 0 spiro atoms. The standard InChI is InChI=1S/C26H32FN3O4/c1-17-15-29(16-18(2)34-17)23-7-5-19(12-21(23)27)14-28-26(31)30-9-3-4-22(30)20-6-8-24-25(13-20)33-11-10-32-24/h5-8,12-13,17-18,22H,3-4,9-11,14-16H2,1-2H3,(H,28,31). The molecule has 0 bridgehead atoms. The molecule has 2 amide bonds. The third-order valence-corrected chi connectivity index (χ3v) is 6.68. The minimum absolute atomic E-state index is 0.0137. The van der Waals surface area contributed by atoms with Gasteiger partial charge in [-0.1, -0.05) is 12.1 Å². The summed E-state index contributed by atoms with van der Waals surface area (Å²) in [6.45, 7) is 7.37. The Morgan fingerprint density at radius 1 is 1.06 bits per heavy atom. The Morgan fingerprint density at radius 2 is 1.82 bits per heavy atom. The highest BCUT2D eigenvalue weighted by atomic mass is 19.1. The topological polar surface area (TPSA) is 63.3 Å². The molecule has 2 saturated heterocycles. The molecule has 1 N–H and O–H groups in total. The Hall–Kier alpha value is -3.00. The van der Waals surface area contributed by atoms with Crippen LogP contribution < -0.4 is 19.7 Å². The molecule has 0 radical (unpaired) electrons. The van der Waals surface area contributed by atoms with Crippen molar-refractivity contribution in [3.63, 3.8) is 0 Å². The second kappa shape index (κ2) is 9.70. The number of nitrogens with zero attached hydrogens (tertiary/aromatic N) is 2. The predicted molar refractivity (Wildman–Crippen MR) is 127 cm³/mol. The Morgan fingerprint density at radius 3 is 2.59 bits per heavy atom. The van der Waals surface area contributed by atoms with Crippen LogP contribution in [0.2, 0.25) is 0 Å². The molecule has 0 aliphatic carbocycles. The predicted octanol–water partition coefficient (Wildman–Crippen LogP) is 4.26. The molecular weight excluding hydrogens is 437 g/mol. The van der Waals surface area contributed by atoms with Gasteiger partial charge in [-0.3, -0.25) is 0 Å². The number of benzene rings is 2. The van der Waals surface area contributed by atoms with Crippen molar-refractivity contribution in [3.05, 3.63) is 53.3 Å². The van der Waals surface area contributed by atoms with Gasteiger partial charge in [-0.15, -0.1) is 0 Å². The largest absolute Gasteiger partial charge is 0.486 e. The molecule has 2 aromatic carbocycles. The summed E-state index contributed by atoms with van der Waals surface area (Å²) in [5.74, 6) is 1.20. The van der Waals surface area contributed by atoms with Gasteiger partial charge in [0.2, 0.25) is 0 Å². The average Bonchev–Trinajstić information content (AvgIpc) is 3.32. The maximum absolute atomic E-state index is 14.9. The number of likely N-dealkylation sites (tertiary alicyclic amines) is 1. The maximum atomic E-state index is 14.9. The number of hydrogen-bond acceptors (Lipinski definition) is 5. The van der Waals surface area contributed by atoms with E-state index in [4.69, 9.17) is 14.2 Å². The number of halogens is 1. The van der Waals surface area contributed by atoms with Crippen LogP contribution in [0.5, 0.6) is 11.5 Å². The number of rotatable bonds is 4. The molecule has 2 aromatic rings. The van der Waals surface area contributed by atoms with Crippen molar-refractivity contribution in [1.82, 2.24) is 10.2 Å². The summed E-state index contributed by atoms with van der Waals surface area (Å²) < 4.78 is 32.0. The Balaban J connectivity index is 1.22. The maximum Gasteiger partial charge on any atom is 0.318 e. The lowest BCUT2D eigenvalue weighted by Gasteiger charge is -2.37. The zero-order valence-corrected chi connectivity index (χ0v) is 19.8. The number of anilines is 1. The van der Waals surface area contributed by atoms with E-state index in [9.17, 15) is 9.18 Å². The van der Waals surface area contributed by atoms with E-state index in [-0.39, 0.29) is 36.6 Å². The number of carbonyl (C=O) groups is 1. The molecule has 0 aromatic heterocycles. The van der Waals surface area contributed by atoms with Crippen LogP contribution >= 0.6 is 0 Å². The third-order valence-electron chi connectivity index (χ3n) is 6.68. The van der Waals surface area contributed by atoms with Crippen LogP contribution in [0, 0.1) is 5.82 Å². The van der Waals surface area contributed by atoms with E-state index in [0.717, 1.165) is 35.5 Å². The van der Waals surface area contributed by atoms with Gasteiger partial charge in [0.25, 0.3) is 0 Å². The van der Waals surface area contributed by atoms with Gasteiger partial charge in [0.1, 0.15) is 19.0 Å². The second-order valence-electron chi connectivity index (χ2n) is 9.36. The molecule has 3 aliphatic heterocycles. The van der Waals surface area contributed by atoms with Crippen molar-refractivity contribution in [2.24, 2.45) is 0 Å².